The fourth-order valence-electron chi connectivity index (χ4n) is 0.370. The van der Waals surface area contributed by atoms with Crippen molar-refractivity contribution in [3.05, 3.63) is 0 Å². The fraction of sp³-hybridized carbons (Fsp3) is 0.800. The van der Waals surface area contributed by atoms with Gasteiger partial charge in [-0.15, -0.1) is 0 Å². The van der Waals surface area contributed by atoms with Gasteiger partial charge in [-0.05, 0) is 18.8 Å². The Balaban J connectivity index is -0.000000245. The van der Waals surface area contributed by atoms with Crippen LogP contribution < -0.4 is 51.4 Å². The summed E-state index contributed by atoms with van der Waals surface area (Å²) in [5.41, 5.74) is 0. The molecule has 4 heteroatoms. The molecule has 0 fully saturated rings. The summed E-state index contributed by atoms with van der Waals surface area (Å²) in [6.07, 6.45) is 5.96. The van der Waals surface area contributed by atoms with Crippen LogP contribution in [-0.4, -0.2) is 35.6 Å². The van der Waals surface area contributed by atoms with E-state index < -0.39 is 16.0 Å². The van der Waals surface area contributed by atoms with Crippen LogP contribution in [0.5, 0.6) is 0 Å². The Kier molecular flexibility index (Phi) is 7.49. The first kappa shape index (κ1) is 13.1. The van der Waals surface area contributed by atoms with Gasteiger partial charge in [-0.3, -0.25) is 4.79 Å². The average molecular weight is 176 g/mol. The van der Waals surface area contributed by atoms with Crippen LogP contribution >= 0.6 is 10.0 Å². The topological polar surface area (TPSA) is 37.3 Å². The Hall–Kier alpha value is 1.46. The third kappa shape index (κ3) is 12.6. The van der Waals surface area contributed by atoms with Crippen molar-refractivity contribution in [1.29, 1.82) is 0 Å². The third-order valence-corrected chi connectivity index (χ3v) is 1.67. The number of hydrogen-bond acceptors (Lipinski definition) is 1. The summed E-state index contributed by atoms with van der Waals surface area (Å²) in [6, 6.07) is 0. The molecule has 0 atom stereocenters. The van der Waals surface area contributed by atoms with Gasteiger partial charge >= 0.3 is 57.4 Å². The van der Waals surface area contributed by atoms with Crippen molar-refractivity contribution in [2.24, 2.45) is 0 Å². The zero-order valence-corrected chi connectivity index (χ0v) is 10.4. The predicted octanol–water partition coefficient (Wildman–Crippen LogP) is -2.12. The van der Waals surface area contributed by atoms with Crippen molar-refractivity contribution in [2.45, 2.75) is 0 Å². The van der Waals surface area contributed by atoms with Crippen LogP contribution in [0.1, 0.15) is 1.43 Å². The molecule has 0 saturated heterocycles. The Bertz CT molecular complexity index is 102. The van der Waals surface area contributed by atoms with E-state index in [1.54, 1.807) is 0 Å². The van der Waals surface area contributed by atoms with Crippen molar-refractivity contribution in [3.8, 4) is 0 Å². The molecule has 0 spiro atoms. The summed E-state index contributed by atoms with van der Waals surface area (Å²) in [5, 5.41) is 8.27. The quantitative estimate of drug-likeness (QED) is 0.489. The molecule has 0 aliphatic rings. The van der Waals surface area contributed by atoms with Crippen LogP contribution in [0.25, 0.3) is 0 Å². The maximum absolute atomic E-state index is 10.0. The largest absolute Gasteiger partial charge is 1.00 e. The van der Waals surface area contributed by atoms with Gasteiger partial charge in [-0.25, -0.2) is 10.0 Å². The van der Waals surface area contributed by atoms with Crippen LogP contribution in [0.2, 0.25) is 0 Å². The number of carbonyl (C=O) groups is 1. The zero-order valence-electron chi connectivity index (χ0n) is 7.47. The summed E-state index contributed by atoms with van der Waals surface area (Å²) in [7, 11) is -0.823. The van der Waals surface area contributed by atoms with Gasteiger partial charge in [-0.2, -0.15) is 0 Å². The number of carboxylic acid groups (broad SMARTS) is 1. The first-order valence-corrected chi connectivity index (χ1v) is 5.32. The van der Waals surface area contributed by atoms with E-state index in [2.05, 4.69) is 0 Å². The van der Waals surface area contributed by atoms with Gasteiger partial charge in [0.05, 0.1) is 5.75 Å². The van der Waals surface area contributed by atoms with Gasteiger partial charge in [0.2, 0.25) is 0 Å². The number of aliphatic carboxylic acids is 1. The van der Waals surface area contributed by atoms with Gasteiger partial charge in [0, 0.05) is 0 Å². The second-order valence-corrected chi connectivity index (χ2v) is 7.10. The van der Waals surface area contributed by atoms with E-state index in [9.17, 15) is 4.79 Å². The summed E-state index contributed by atoms with van der Waals surface area (Å²) in [4.78, 5) is 10.0. The molecule has 0 heterocycles. The van der Waals surface area contributed by atoms with Crippen LogP contribution in [0, 0.1) is 0 Å². The van der Waals surface area contributed by atoms with Crippen molar-refractivity contribution in [1.82, 2.24) is 0 Å². The van der Waals surface area contributed by atoms with Crippen LogP contribution in [-0.2, 0) is 4.79 Å². The molecule has 0 radical (unpaired) electrons. The monoisotopic (exact) mass is 176 g/mol. The van der Waals surface area contributed by atoms with Crippen LogP contribution in [0.3, 0.4) is 0 Å². The first-order chi connectivity index (χ1) is 3.42. The van der Waals surface area contributed by atoms with Crippen molar-refractivity contribution < 1.29 is 62.7 Å². The molecule has 0 aromatic heterocycles. The van der Waals surface area contributed by atoms with E-state index in [0.717, 1.165) is 0 Å². The van der Waals surface area contributed by atoms with Gasteiger partial charge < -0.3 is 6.53 Å². The van der Waals surface area contributed by atoms with Crippen molar-refractivity contribution in [3.63, 3.8) is 0 Å². The molecule has 9 heavy (non-hydrogen) atoms. The molecule has 0 aliphatic carbocycles. The minimum absolute atomic E-state index is 0. The van der Waals surface area contributed by atoms with Crippen LogP contribution in [0.4, 0.5) is 0 Å². The summed E-state index contributed by atoms with van der Waals surface area (Å²) in [6.45, 7) is 0. The molecule has 0 bridgehead atoms. The molecule has 0 aromatic carbocycles. The standard InChI is InChI=1S/C5H12O2S.K.H/c1-8(2,3)4-5(6)7;;/h4H2,1-3H3,(H,6,7);;/q;+1;-1. The van der Waals surface area contributed by atoms with E-state index >= 15 is 0 Å². The molecule has 0 amide bonds. The van der Waals surface area contributed by atoms with Crippen molar-refractivity contribution in [2.75, 3.05) is 24.5 Å². The molecular weight excluding hydrogens is 163 g/mol. The van der Waals surface area contributed by atoms with Gasteiger partial charge in [0.25, 0.3) is 0 Å². The molecule has 52 valence electrons. The van der Waals surface area contributed by atoms with E-state index in [0.29, 0.717) is 5.75 Å². The fourth-order valence-corrected chi connectivity index (χ4v) is 1.11. The zero-order chi connectivity index (χ0) is 6.78. The maximum Gasteiger partial charge on any atom is 1.00 e. The Labute approximate surface area is 102 Å². The maximum atomic E-state index is 10.0. The van der Waals surface area contributed by atoms with Crippen LogP contribution in [0.15, 0.2) is 0 Å². The SMILES string of the molecule is CS(C)(C)CC(=O)O.[H-].[K+]. The Morgan fingerprint density at radius 3 is 1.89 bits per heavy atom. The van der Waals surface area contributed by atoms with Crippen molar-refractivity contribution >= 4 is 16.0 Å². The number of rotatable bonds is 2. The second-order valence-electron chi connectivity index (χ2n) is 2.63. The smallest absolute Gasteiger partial charge is 1.00 e. The number of hydrogen-bond donors (Lipinski definition) is 1. The summed E-state index contributed by atoms with van der Waals surface area (Å²) < 4.78 is 0. The normalized spacial score (nSPS) is 11.9. The van der Waals surface area contributed by atoms with E-state index in [4.69, 9.17) is 5.11 Å². The minimum Gasteiger partial charge on any atom is -1.00 e. The molecule has 0 saturated carbocycles. The van der Waals surface area contributed by atoms with Gasteiger partial charge in [0.15, 0.2) is 0 Å². The molecule has 0 unspecified atom stereocenters. The predicted molar refractivity (Wildman–Crippen MR) is 39.0 cm³/mol. The second kappa shape index (κ2) is 5.15. The summed E-state index contributed by atoms with van der Waals surface area (Å²) >= 11 is 0. The molecule has 2 nitrogen and oxygen atoms in total. The molecular formula is C5H13KO2S. The number of carboxylic acids is 1. The first-order valence-electron chi connectivity index (χ1n) is 2.29. The van der Waals surface area contributed by atoms with E-state index in [1.807, 2.05) is 18.8 Å². The van der Waals surface area contributed by atoms with E-state index in [-0.39, 0.29) is 52.8 Å². The average Bonchev–Trinajstić information content (AvgIpc) is 1.21. The minimum atomic E-state index is -0.823. The Morgan fingerprint density at radius 1 is 1.56 bits per heavy atom. The molecule has 0 rings (SSSR count). The molecule has 0 aromatic rings. The van der Waals surface area contributed by atoms with Gasteiger partial charge in [0.1, 0.15) is 0 Å². The molecule has 1 N–H and O–H groups in total. The third-order valence-electron chi connectivity index (χ3n) is 0.556. The van der Waals surface area contributed by atoms with E-state index in [1.165, 1.54) is 0 Å². The van der Waals surface area contributed by atoms with Gasteiger partial charge in [-0.1, -0.05) is 0 Å². The summed E-state index contributed by atoms with van der Waals surface area (Å²) in [5.74, 6) is -0.361. The molecule has 0 aliphatic heterocycles. The Morgan fingerprint density at radius 2 is 1.89 bits per heavy atom.